The molecule has 0 fully saturated rings. The molecule has 2 N–H and O–H groups in total. The Balaban J connectivity index is 2.96. The molecule has 3 nitrogen and oxygen atoms in total. The van der Waals surface area contributed by atoms with Crippen LogP contribution in [-0.2, 0) is 0 Å². The fourth-order valence-electron chi connectivity index (χ4n) is 1.02. The number of carbonyl (C=O) groups is 1. The predicted molar refractivity (Wildman–Crippen MR) is 55.7 cm³/mol. The second kappa shape index (κ2) is 4.73. The van der Waals surface area contributed by atoms with Gasteiger partial charge in [0.25, 0.3) is 0 Å². The van der Waals surface area contributed by atoms with Gasteiger partial charge in [-0.05, 0) is 18.2 Å². The van der Waals surface area contributed by atoms with Crippen LogP contribution >= 0.6 is 15.9 Å². The highest BCUT2D eigenvalue weighted by Gasteiger charge is 2.32. The van der Waals surface area contributed by atoms with E-state index in [-0.39, 0.29) is 22.4 Å². The quantitative estimate of drug-likeness (QED) is 0.530. The predicted octanol–water partition coefficient (Wildman–Crippen LogP) is 2.75. The lowest BCUT2D eigenvalue weighted by Gasteiger charge is -2.11. The number of anilines is 1. The summed E-state index contributed by atoms with van der Waals surface area (Å²) in [6.45, 7) is 0. The van der Waals surface area contributed by atoms with Crippen LogP contribution in [0.1, 0.15) is 10.4 Å². The number of rotatable bonds is 3. The first-order valence-corrected chi connectivity index (χ1v) is 5.20. The van der Waals surface area contributed by atoms with E-state index in [1.54, 1.807) is 0 Å². The fraction of sp³-hybridized carbons (Fsp3) is 0.222. The van der Waals surface area contributed by atoms with E-state index in [2.05, 4.69) is 20.7 Å². The molecule has 0 aliphatic rings. The van der Waals surface area contributed by atoms with Crippen LogP contribution in [0, 0.1) is 0 Å². The minimum atomic E-state index is -4.80. The van der Waals surface area contributed by atoms with Crippen molar-refractivity contribution >= 4 is 27.4 Å². The fourth-order valence-corrected chi connectivity index (χ4v) is 1.34. The molecule has 0 aromatic heterocycles. The molecule has 0 aliphatic heterocycles. The Morgan fingerprint density at radius 1 is 1.44 bits per heavy atom. The van der Waals surface area contributed by atoms with E-state index >= 15 is 0 Å². The Morgan fingerprint density at radius 2 is 2.06 bits per heavy atom. The van der Waals surface area contributed by atoms with Crippen molar-refractivity contribution in [3.05, 3.63) is 23.8 Å². The van der Waals surface area contributed by atoms with Crippen LogP contribution in [0.4, 0.5) is 18.9 Å². The summed E-state index contributed by atoms with van der Waals surface area (Å²) in [7, 11) is 0. The average molecular weight is 298 g/mol. The van der Waals surface area contributed by atoms with Gasteiger partial charge in [-0.3, -0.25) is 4.79 Å². The molecule has 0 heterocycles. The molecule has 0 radical (unpaired) electrons. The normalized spacial score (nSPS) is 11.2. The van der Waals surface area contributed by atoms with E-state index in [1.165, 1.54) is 6.07 Å². The maximum Gasteiger partial charge on any atom is 0.573 e. The zero-order valence-corrected chi connectivity index (χ0v) is 9.43. The number of hydrogen-bond acceptors (Lipinski definition) is 3. The SMILES string of the molecule is Nc1cc(C(=O)CBr)ccc1OC(F)(F)F. The number of carbonyl (C=O) groups excluding carboxylic acids is 1. The summed E-state index contributed by atoms with van der Waals surface area (Å²) in [5, 5.41) is 0.0753. The van der Waals surface area contributed by atoms with Crippen molar-refractivity contribution in [2.24, 2.45) is 0 Å². The van der Waals surface area contributed by atoms with Crippen molar-refractivity contribution in [2.45, 2.75) is 6.36 Å². The lowest BCUT2D eigenvalue weighted by Crippen LogP contribution is -2.18. The number of hydrogen-bond donors (Lipinski definition) is 1. The van der Waals surface area contributed by atoms with E-state index < -0.39 is 12.1 Å². The number of Topliss-reactive ketones (excluding diaryl/α,β-unsaturated/α-hetero) is 1. The number of alkyl halides is 4. The van der Waals surface area contributed by atoms with Crippen LogP contribution in [0.3, 0.4) is 0 Å². The second-order valence-corrected chi connectivity index (χ2v) is 3.42. The number of nitrogen functional groups attached to an aromatic ring is 1. The van der Waals surface area contributed by atoms with Crippen LogP contribution in [0.5, 0.6) is 5.75 Å². The minimum absolute atomic E-state index is 0.0753. The summed E-state index contributed by atoms with van der Waals surface area (Å²) in [4.78, 5) is 11.2. The summed E-state index contributed by atoms with van der Waals surface area (Å²) in [5.41, 5.74) is 5.32. The van der Waals surface area contributed by atoms with Gasteiger partial charge in [0.15, 0.2) is 11.5 Å². The largest absolute Gasteiger partial charge is 0.573 e. The maximum atomic E-state index is 11.9. The van der Waals surface area contributed by atoms with Crippen LogP contribution in [0.15, 0.2) is 18.2 Å². The maximum absolute atomic E-state index is 11.9. The zero-order chi connectivity index (χ0) is 12.3. The Bertz CT molecular complexity index is 406. The number of ether oxygens (including phenoxy) is 1. The highest BCUT2D eigenvalue weighted by atomic mass is 79.9. The van der Waals surface area contributed by atoms with Gasteiger partial charge in [0.2, 0.25) is 0 Å². The first-order valence-electron chi connectivity index (χ1n) is 4.08. The molecule has 0 spiro atoms. The molecule has 88 valence electrons. The monoisotopic (exact) mass is 297 g/mol. The Morgan fingerprint density at radius 3 is 2.50 bits per heavy atom. The standard InChI is InChI=1S/C9H7BrF3NO2/c10-4-7(15)5-1-2-8(6(14)3-5)16-9(11,12)13/h1-3H,4,14H2. The van der Waals surface area contributed by atoms with Crippen molar-refractivity contribution in [3.8, 4) is 5.75 Å². The average Bonchev–Trinajstić information content (AvgIpc) is 2.18. The van der Waals surface area contributed by atoms with E-state index in [4.69, 9.17) is 5.73 Å². The first kappa shape index (κ1) is 12.8. The van der Waals surface area contributed by atoms with E-state index in [1.807, 2.05) is 0 Å². The van der Waals surface area contributed by atoms with Gasteiger partial charge in [-0.1, -0.05) is 15.9 Å². The highest BCUT2D eigenvalue weighted by Crippen LogP contribution is 2.29. The van der Waals surface area contributed by atoms with Gasteiger partial charge in [-0.15, -0.1) is 13.2 Å². The van der Waals surface area contributed by atoms with Crippen molar-refractivity contribution in [3.63, 3.8) is 0 Å². The van der Waals surface area contributed by atoms with Gasteiger partial charge in [0, 0.05) is 5.56 Å². The molecule has 0 unspecified atom stereocenters. The Kier molecular flexibility index (Phi) is 3.79. The molecule has 1 aromatic rings. The van der Waals surface area contributed by atoms with Crippen molar-refractivity contribution in [1.29, 1.82) is 0 Å². The molecule has 0 saturated heterocycles. The molecule has 0 aliphatic carbocycles. The van der Waals surface area contributed by atoms with Gasteiger partial charge in [-0.2, -0.15) is 0 Å². The molecule has 1 aromatic carbocycles. The third-order valence-electron chi connectivity index (χ3n) is 1.68. The van der Waals surface area contributed by atoms with E-state index in [9.17, 15) is 18.0 Å². The molecular weight excluding hydrogens is 291 g/mol. The number of nitrogens with two attached hydrogens (primary N) is 1. The number of ketones is 1. The molecule has 0 saturated carbocycles. The topological polar surface area (TPSA) is 52.3 Å². The van der Waals surface area contributed by atoms with Gasteiger partial charge >= 0.3 is 6.36 Å². The smallest absolute Gasteiger partial charge is 0.404 e. The van der Waals surface area contributed by atoms with Gasteiger partial charge in [0.1, 0.15) is 0 Å². The molecule has 1 rings (SSSR count). The van der Waals surface area contributed by atoms with Crippen molar-refractivity contribution in [2.75, 3.05) is 11.1 Å². The number of benzene rings is 1. The molecule has 0 atom stereocenters. The lowest BCUT2D eigenvalue weighted by molar-refractivity contribution is -0.274. The third kappa shape index (κ3) is 3.41. The van der Waals surface area contributed by atoms with E-state index in [0.717, 1.165) is 12.1 Å². The molecule has 16 heavy (non-hydrogen) atoms. The van der Waals surface area contributed by atoms with Gasteiger partial charge in [-0.25, -0.2) is 0 Å². The van der Waals surface area contributed by atoms with Crippen LogP contribution in [0.2, 0.25) is 0 Å². The summed E-state index contributed by atoms with van der Waals surface area (Å²) in [6, 6.07) is 3.38. The summed E-state index contributed by atoms with van der Waals surface area (Å²) in [5.74, 6) is -0.788. The van der Waals surface area contributed by atoms with Gasteiger partial charge < -0.3 is 10.5 Å². The van der Waals surface area contributed by atoms with Gasteiger partial charge in [0.05, 0.1) is 11.0 Å². The zero-order valence-electron chi connectivity index (χ0n) is 7.84. The molecular formula is C9H7BrF3NO2. The van der Waals surface area contributed by atoms with Crippen LogP contribution < -0.4 is 10.5 Å². The highest BCUT2D eigenvalue weighted by molar-refractivity contribution is 9.09. The second-order valence-electron chi connectivity index (χ2n) is 2.86. The van der Waals surface area contributed by atoms with Crippen LogP contribution in [0.25, 0.3) is 0 Å². The van der Waals surface area contributed by atoms with Crippen molar-refractivity contribution < 1.29 is 22.7 Å². The van der Waals surface area contributed by atoms with E-state index in [0.29, 0.717) is 0 Å². The van der Waals surface area contributed by atoms with Crippen molar-refractivity contribution in [1.82, 2.24) is 0 Å². The number of halogens is 4. The molecule has 0 amide bonds. The summed E-state index contributed by atoms with van der Waals surface area (Å²) < 4.78 is 39.3. The minimum Gasteiger partial charge on any atom is -0.404 e. The molecule has 7 heteroatoms. The third-order valence-corrected chi connectivity index (χ3v) is 2.19. The Labute approximate surface area is 97.5 Å². The first-order chi connectivity index (χ1) is 7.33. The Hall–Kier alpha value is -1.24. The summed E-state index contributed by atoms with van der Waals surface area (Å²) in [6.07, 6.45) is -4.80. The van der Waals surface area contributed by atoms with Crippen LogP contribution in [-0.4, -0.2) is 17.5 Å². The summed E-state index contributed by atoms with van der Waals surface area (Å²) >= 11 is 2.94. The molecule has 0 bridgehead atoms. The lowest BCUT2D eigenvalue weighted by atomic mass is 10.1.